The van der Waals surface area contributed by atoms with E-state index in [0.717, 1.165) is 17.8 Å². The first-order chi connectivity index (χ1) is 12.4. The molecule has 1 atom stereocenters. The Bertz CT molecular complexity index is 742. The Balaban J connectivity index is 1.75. The van der Waals surface area contributed by atoms with E-state index in [1.54, 1.807) is 18.4 Å². The summed E-state index contributed by atoms with van der Waals surface area (Å²) in [7, 11) is 0. The van der Waals surface area contributed by atoms with Crippen LogP contribution in [-0.4, -0.2) is 39.8 Å². The first-order valence-electron chi connectivity index (χ1n) is 9.09. The maximum absolute atomic E-state index is 13.2. The van der Waals surface area contributed by atoms with Crippen molar-refractivity contribution >= 4 is 5.91 Å². The molecule has 26 heavy (non-hydrogen) atoms. The Kier molecular flexibility index (Phi) is 5.71. The minimum absolute atomic E-state index is 0.100. The van der Waals surface area contributed by atoms with Crippen LogP contribution in [0, 0.1) is 18.7 Å². The summed E-state index contributed by atoms with van der Waals surface area (Å²) in [4.78, 5) is 21.4. The van der Waals surface area contributed by atoms with Gasteiger partial charge in [-0.1, -0.05) is 26.0 Å². The molecule has 0 spiro atoms. The van der Waals surface area contributed by atoms with Crippen LogP contribution in [0.3, 0.4) is 0 Å². The molecule has 0 aliphatic carbocycles. The van der Waals surface area contributed by atoms with E-state index >= 15 is 0 Å². The summed E-state index contributed by atoms with van der Waals surface area (Å²) in [6.07, 6.45) is 2.16. The van der Waals surface area contributed by atoms with Crippen LogP contribution in [0.1, 0.15) is 37.4 Å². The fraction of sp³-hybridized carbons (Fsp3) is 0.500. The molecule has 0 N–H and O–H groups in total. The summed E-state index contributed by atoms with van der Waals surface area (Å²) in [5, 5.41) is 0. The van der Waals surface area contributed by atoms with Gasteiger partial charge >= 0.3 is 0 Å². The summed E-state index contributed by atoms with van der Waals surface area (Å²) >= 11 is 0. The third-order valence-electron chi connectivity index (χ3n) is 4.90. The molecule has 1 saturated heterocycles. The van der Waals surface area contributed by atoms with Gasteiger partial charge in [-0.15, -0.1) is 0 Å². The molecule has 0 saturated carbocycles. The highest BCUT2D eigenvalue weighted by Crippen LogP contribution is 2.22. The second-order valence-electron chi connectivity index (χ2n) is 7.30. The minimum atomic E-state index is -0.259. The van der Waals surface area contributed by atoms with E-state index < -0.39 is 0 Å². The molecule has 1 fully saturated rings. The summed E-state index contributed by atoms with van der Waals surface area (Å²) in [5.74, 6) is 0.862. The number of halogens is 1. The molecule has 0 radical (unpaired) electrons. The Morgan fingerprint density at radius 1 is 1.27 bits per heavy atom. The lowest BCUT2D eigenvalue weighted by Gasteiger charge is -2.34. The zero-order valence-corrected chi connectivity index (χ0v) is 15.6. The van der Waals surface area contributed by atoms with Crippen LogP contribution in [-0.2, 0) is 17.9 Å². The van der Waals surface area contributed by atoms with E-state index in [1.165, 1.54) is 12.1 Å². The van der Waals surface area contributed by atoms with Gasteiger partial charge in [0.1, 0.15) is 12.1 Å². The number of oxazole rings is 1. The number of rotatable bonds is 5. The SMILES string of the molecule is Cc1nc(CN2CCC(=O)N(Cc3ccc(F)cc3)C(C(C)C)C2)co1. The van der Waals surface area contributed by atoms with Gasteiger partial charge in [0.05, 0.1) is 5.69 Å². The van der Waals surface area contributed by atoms with Crippen LogP contribution in [0.15, 0.2) is 34.9 Å². The molecule has 2 heterocycles. The van der Waals surface area contributed by atoms with Gasteiger partial charge in [0.2, 0.25) is 5.91 Å². The fourth-order valence-electron chi connectivity index (χ4n) is 3.45. The molecule has 1 amide bonds. The molecule has 1 aliphatic heterocycles. The van der Waals surface area contributed by atoms with Gasteiger partial charge in [-0.05, 0) is 23.6 Å². The van der Waals surface area contributed by atoms with Crippen molar-refractivity contribution in [2.45, 2.75) is 46.3 Å². The van der Waals surface area contributed by atoms with Crippen molar-refractivity contribution in [2.75, 3.05) is 13.1 Å². The van der Waals surface area contributed by atoms with Gasteiger partial charge < -0.3 is 9.32 Å². The second-order valence-corrected chi connectivity index (χ2v) is 7.30. The van der Waals surface area contributed by atoms with Crippen LogP contribution < -0.4 is 0 Å². The molecule has 5 nitrogen and oxygen atoms in total. The highest BCUT2D eigenvalue weighted by Gasteiger charge is 2.31. The Labute approximate surface area is 153 Å². The predicted molar refractivity (Wildman–Crippen MR) is 96.7 cm³/mol. The number of carbonyl (C=O) groups excluding carboxylic acids is 1. The molecular formula is C20H26FN3O2. The summed E-state index contributed by atoms with van der Waals surface area (Å²) in [6.45, 7) is 8.79. The van der Waals surface area contributed by atoms with E-state index in [4.69, 9.17) is 4.42 Å². The maximum Gasteiger partial charge on any atom is 0.224 e. The van der Waals surface area contributed by atoms with Crippen molar-refractivity contribution in [3.63, 3.8) is 0 Å². The monoisotopic (exact) mass is 359 g/mol. The van der Waals surface area contributed by atoms with Gasteiger partial charge in [-0.2, -0.15) is 0 Å². The molecule has 1 aromatic carbocycles. The molecule has 140 valence electrons. The summed E-state index contributed by atoms with van der Waals surface area (Å²) in [6, 6.07) is 6.49. The number of benzene rings is 1. The lowest BCUT2D eigenvalue weighted by atomic mass is 10.0. The number of aryl methyl sites for hydroxylation is 1. The number of carbonyl (C=O) groups is 1. The smallest absolute Gasteiger partial charge is 0.224 e. The zero-order valence-electron chi connectivity index (χ0n) is 15.6. The van der Waals surface area contributed by atoms with Gasteiger partial charge in [0, 0.05) is 45.6 Å². The van der Waals surface area contributed by atoms with Gasteiger partial charge in [-0.25, -0.2) is 9.37 Å². The van der Waals surface area contributed by atoms with Crippen molar-refractivity contribution in [2.24, 2.45) is 5.92 Å². The van der Waals surface area contributed by atoms with Crippen LogP contribution >= 0.6 is 0 Å². The average molecular weight is 359 g/mol. The van der Waals surface area contributed by atoms with Crippen molar-refractivity contribution in [1.82, 2.24) is 14.8 Å². The van der Waals surface area contributed by atoms with Gasteiger partial charge in [-0.3, -0.25) is 9.69 Å². The van der Waals surface area contributed by atoms with Gasteiger partial charge in [0.25, 0.3) is 0 Å². The van der Waals surface area contributed by atoms with E-state index in [1.807, 2.05) is 11.8 Å². The molecule has 1 unspecified atom stereocenters. The van der Waals surface area contributed by atoms with Crippen LogP contribution in [0.5, 0.6) is 0 Å². The highest BCUT2D eigenvalue weighted by molar-refractivity contribution is 5.77. The fourth-order valence-corrected chi connectivity index (χ4v) is 3.45. The highest BCUT2D eigenvalue weighted by atomic mass is 19.1. The molecule has 2 aromatic rings. The first kappa shape index (κ1) is 18.6. The summed E-state index contributed by atoms with van der Waals surface area (Å²) in [5.41, 5.74) is 1.84. The molecule has 1 aliphatic rings. The number of aromatic nitrogens is 1. The maximum atomic E-state index is 13.2. The normalized spacial score (nSPS) is 19.2. The third kappa shape index (κ3) is 4.49. The Morgan fingerprint density at radius 3 is 2.62 bits per heavy atom. The van der Waals surface area contributed by atoms with E-state index in [0.29, 0.717) is 37.9 Å². The second kappa shape index (κ2) is 7.99. The number of hydrogen-bond acceptors (Lipinski definition) is 4. The van der Waals surface area contributed by atoms with Crippen molar-refractivity contribution in [1.29, 1.82) is 0 Å². The largest absolute Gasteiger partial charge is 0.449 e. The zero-order chi connectivity index (χ0) is 18.7. The van der Waals surface area contributed by atoms with Crippen LogP contribution in [0.4, 0.5) is 4.39 Å². The molecule has 1 aromatic heterocycles. The minimum Gasteiger partial charge on any atom is -0.449 e. The first-order valence-corrected chi connectivity index (χ1v) is 9.09. The van der Waals surface area contributed by atoms with Gasteiger partial charge in [0.15, 0.2) is 5.89 Å². The lowest BCUT2D eigenvalue weighted by Crippen LogP contribution is -2.45. The Hall–Kier alpha value is -2.21. The van der Waals surface area contributed by atoms with Crippen molar-refractivity contribution in [3.8, 4) is 0 Å². The average Bonchev–Trinajstić information content (AvgIpc) is 2.94. The van der Waals surface area contributed by atoms with E-state index in [9.17, 15) is 9.18 Å². The quantitative estimate of drug-likeness (QED) is 0.821. The summed E-state index contributed by atoms with van der Waals surface area (Å²) < 4.78 is 18.5. The van der Waals surface area contributed by atoms with Crippen LogP contribution in [0.2, 0.25) is 0 Å². The standard InChI is InChI=1S/C20H26FN3O2/c1-14(2)19-12-23(11-18-13-26-15(3)22-18)9-8-20(25)24(19)10-16-4-6-17(21)7-5-16/h4-7,13-14,19H,8-12H2,1-3H3. The molecular weight excluding hydrogens is 333 g/mol. The van der Waals surface area contributed by atoms with E-state index in [-0.39, 0.29) is 17.8 Å². The van der Waals surface area contributed by atoms with Crippen LogP contribution in [0.25, 0.3) is 0 Å². The topological polar surface area (TPSA) is 49.6 Å². The van der Waals surface area contributed by atoms with E-state index in [2.05, 4.69) is 23.7 Å². The molecule has 3 rings (SSSR count). The van der Waals surface area contributed by atoms with Crippen molar-refractivity contribution in [3.05, 3.63) is 53.5 Å². The predicted octanol–water partition coefficient (Wildman–Crippen LogP) is 3.38. The molecule has 6 heteroatoms. The van der Waals surface area contributed by atoms with Crippen molar-refractivity contribution < 1.29 is 13.6 Å². The number of nitrogens with zero attached hydrogens (tertiary/aromatic N) is 3. The Morgan fingerprint density at radius 2 is 2.00 bits per heavy atom. The lowest BCUT2D eigenvalue weighted by molar-refractivity contribution is -0.134. The number of hydrogen-bond donors (Lipinski definition) is 0. The third-order valence-corrected chi connectivity index (χ3v) is 4.90. The number of amides is 1. The molecule has 0 bridgehead atoms.